The smallest absolute Gasteiger partial charge is 0.0154 e. The summed E-state index contributed by atoms with van der Waals surface area (Å²) in [6, 6.07) is 18.0. The molecule has 1 unspecified atom stereocenters. The first kappa shape index (κ1) is 13.8. The van der Waals surface area contributed by atoms with E-state index in [0.717, 1.165) is 13.0 Å². The van der Waals surface area contributed by atoms with Gasteiger partial charge in [-0.3, -0.25) is 0 Å². The molecule has 2 bridgehead atoms. The Morgan fingerprint density at radius 2 is 1.73 bits per heavy atom. The molecule has 0 spiro atoms. The molecule has 112 valence electrons. The molecule has 2 aromatic rings. The number of fused-ring (bicyclic) bond motifs is 5. The average Bonchev–Trinajstić information content (AvgIpc) is 2.50. The Bertz CT molecular complexity index is 713. The normalized spacial score (nSPS) is 23.9. The second-order valence-corrected chi connectivity index (χ2v) is 6.70. The minimum atomic E-state index is 0.518. The SMILES string of the molecule is CN1CCC/C2=C/C(C1)c1ccccc1Cc1ccccc12. The lowest BCUT2D eigenvalue weighted by molar-refractivity contribution is 0.318. The Balaban J connectivity index is 1.92. The molecule has 1 atom stereocenters. The van der Waals surface area contributed by atoms with Gasteiger partial charge in [-0.2, -0.15) is 0 Å². The minimum Gasteiger partial charge on any atom is -0.305 e. The second-order valence-electron chi connectivity index (χ2n) is 6.70. The van der Waals surface area contributed by atoms with Crippen LogP contribution in [0.2, 0.25) is 0 Å². The number of allylic oxidation sites excluding steroid dienone is 1. The van der Waals surface area contributed by atoms with Crippen molar-refractivity contribution >= 4 is 5.57 Å². The van der Waals surface area contributed by atoms with E-state index in [4.69, 9.17) is 0 Å². The molecule has 0 amide bonds. The molecule has 22 heavy (non-hydrogen) atoms. The van der Waals surface area contributed by atoms with E-state index in [-0.39, 0.29) is 0 Å². The summed E-state index contributed by atoms with van der Waals surface area (Å²) >= 11 is 0. The zero-order chi connectivity index (χ0) is 14.9. The second kappa shape index (κ2) is 5.73. The molecule has 1 heteroatoms. The molecule has 0 saturated heterocycles. The van der Waals surface area contributed by atoms with Gasteiger partial charge in [0.25, 0.3) is 0 Å². The summed E-state index contributed by atoms with van der Waals surface area (Å²) in [7, 11) is 2.26. The maximum absolute atomic E-state index is 2.55. The van der Waals surface area contributed by atoms with E-state index < -0.39 is 0 Å². The Kier molecular flexibility index (Phi) is 3.59. The molecular formula is C21H23N. The molecule has 2 aliphatic rings. The van der Waals surface area contributed by atoms with Crippen LogP contribution in [0.3, 0.4) is 0 Å². The summed E-state index contributed by atoms with van der Waals surface area (Å²) in [6.07, 6.45) is 6.06. The van der Waals surface area contributed by atoms with E-state index in [2.05, 4.69) is 66.6 Å². The van der Waals surface area contributed by atoms with Crippen molar-refractivity contribution in [2.24, 2.45) is 0 Å². The molecule has 4 rings (SSSR count). The Morgan fingerprint density at radius 1 is 0.955 bits per heavy atom. The van der Waals surface area contributed by atoms with Gasteiger partial charge in [0.15, 0.2) is 0 Å². The lowest BCUT2D eigenvalue weighted by atomic mass is 9.81. The monoisotopic (exact) mass is 289 g/mol. The molecule has 0 N–H and O–H groups in total. The predicted molar refractivity (Wildman–Crippen MR) is 93.1 cm³/mol. The minimum absolute atomic E-state index is 0.518. The third kappa shape index (κ3) is 2.50. The summed E-state index contributed by atoms with van der Waals surface area (Å²) in [6.45, 7) is 2.32. The van der Waals surface area contributed by atoms with Gasteiger partial charge in [-0.25, -0.2) is 0 Å². The Morgan fingerprint density at radius 3 is 2.64 bits per heavy atom. The van der Waals surface area contributed by atoms with Crippen LogP contribution in [-0.4, -0.2) is 25.0 Å². The number of hydrogen-bond donors (Lipinski definition) is 0. The van der Waals surface area contributed by atoms with Crippen LogP contribution < -0.4 is 0 Å². The van der Waals surface area contributed by atoms with Crippen molar-refractivity contribution < 1.29 is 0 Å². The van der Waals surface area contributed by atoms with Gasteiger partial charge in [0, 0.05) is 12.5 Å². The lowest BCUT2D eigenvalue weighted by Gasteiger charge is -2.30. The largest absolute Gasteiger partial charge is 0.305 e. The third-order valence-electron chi connectivity index (χ3n) is 5.10. The van der Waals surface area contributed by atoms with Gasteiger partial charge in [-0.1, -0.05) is 54.6 Å². The highest BCUT2D eigenvalue weighted by molar-refractivity contribution is 5.71. The fraction of sp³-hybridized carbons (Fsp3) is 0.333. The van der Waals surface area contributed by atoms with Crippen molar-refractivity contribution in [2.45, 2.75) is 25.2 Å². The summed E-state index contributed by atoms with van der Waals surface area (Å²) in [5.74, 6) is 0.518. The highest BCUT2D eigenvalue weighted by Crippen LogP contribution is 2.36. The van der Waals surface area contributed by atoms with Crippen LogP contribution in [0.15, 0.2) is 54.6 Å². The fourth-order valence-corrected chi connectivity index (χ4v) is 4.01. The molecule has 0 radical (unpaired) electrons. The fourth-order valence-electron chi connectivity index (χ4n) is 4.01. The first-order chi connectivity index (χ1) is 10.8. The molecule has 0 saturated carbocycles. The molecule has 1 heterocycles. The standard InChI is InChI=1S/C21H23N/c1-22-12-6-9-18-14-19(15-22)21-11-5-3-8-17(21)13-16-7-2-4-10-20(16)18/h2-5,7-8,10-11,14,19H,6,9,12-13,15H2,1H3/b18-14-. The van der Waals surface area contributed by atoms with E-state index in [1.807, 2.05) is 0 Å². The molecular weight excluding hydrogens is 266 g/mol. The molecule has 1 nitrogen and oxygen atoms in total. The van der Waals surface area contributed by atoms with E-state index in [1.54, 1.807) is 5.57 Å². The highest BCUT2D eigenvalue weighted by atomic mass is 15.1. The van der Waals surface area contributed by atoms with Crippen LogP contribution in [0.4, 0.5) is 0 Å². The van der Waals surface area contributed by atoms with Crippen molar-refractivity contribution in [3.63, 3.8) is 0 Å². The average molecular weight is 289 g/mol. The quantitative estimate of drug-likeness (QED) is 0.691. The Hall–Kier alpha value is -1.86. The van der Waals surface area contributed by atoms with E-state index in [9.17, 15) is 0 Å². The van der Waals surface area contributed by atoms with Gasteiger partial charge < -0.3 is 4.90 Å². The van der Waals surface area contributed by atoms with Crippen molar-refractivity contribution in [1.29, 1.82) is 0 Å². The van der Waals surface area contributed by atoms with Gasteiger partial charge in [-0.05, 0) is 60.7 Å². The van der Waals surface area contributed by atoms with Crippen molar-refractivity contribution in [3.05, 3.63) is 76.9 Å². The van der Waals surface area contributed by atoms with Crippen molar-refractivity contribution in [2.75, 3.05) is 20.1 Å². The maximum atomic E-state index is 2.55. The molecule has 1 aliphatic carbocycles. The Labute approximate surface area is 133 Å². The first-order valence-corrected chi connectivity index (χ1v) is 8.36. The van der Waals surface area contributed by atoms with Crippen LogP contribution in [-0.2, 0) is 6.42 Å². The van der Waals surface area contributed by atoms with E-state index >= 15 is 0 Å². The first-order valence-electron chi connectivity index (χ1n) is 8.36. The predicted octanol–water partition coefficient (Wildman–Crippen LogP) is 4.48. The molecule has 2 aromatic carbocycles. The summed E-state index contributed by atoms with van der Waals surface area (Å²) in [5, 5.41) is 0. The third-order valence-corrected chi connectivity index (χ3v) is 5.10. The number of nitrogens with zero attached hydrogens (tertiary/aromatic N) is 1. The zero-order valence-electron chi connectivity index (χ0n) is 13.3. The lowest BCUT2D eigenvalue weighted by Crippen LogP contribution is -2.27. The molecule has 0 fully saturated rings. The van der Waals surface area contributed by atoms with Gasteiger partial charge in [0.05, 0.1) is 0 Å². The van der Waals surface area contributed by atoms with Crippen molar-refractivity contribution in [1.82, 2.24) is 4.90 Å². The van der Waals surface area contributed by atoms with Gasteiger partial charge in [-0.15, -0.1) is 0 Å². The zero-order valence-corrected chi connectivity index (χ0v) is 13.3. The van der Waals surface area contributed by atoms with E-state index in [0.29, 0.717) is 5.92 Å². The van der Waals surface area contributed by atoms with Crippen molar-refractivity contribution in [3.8, 4) is 0 Å². The van der Waals surface area contributed by atoms with Gasteiger partial charge >= 0.3 is 0 Å². The van der Waals surface area contributed by atoms with E-state index in [1.165, 1.54) is 41.6 Å². The maximum Gasteiger partial charge on any atom is 0.0154 e. The number of rotatable bonds is 0. The number of hydrogen-bond acceptors (Lipinski definition) is 1. The molecule has 0 aromatic heterocycles. The highest BCUT2D eigenvalue weighted by Gasteiger charge is 2.22. The summed E-state index contributed by atoms with van der Waals surface area (Å²) in [5.41, 5.74) is 7.52. The topological polar surface area (TPSA) is 3.24 Å². The van der Waals surface area contributed by atoms with Crippen LogP contribution in [0.5, 0.6) is 0 Å². The van der Waals surface area contributed by atoms with Crippen LogP contribution >= 0.6 is 0 Å². The van der Waals surface area contributed by atoms with Gasteiger partial charge in [0.2, 0.25) is 0 Å². The number of likely N-dealkylation sites (N-methyl/N-ethyl adjacent to an activating group) is 1. The van der Waals surface area contributed by atoms with Gasteiger partial charge in [0.1, 0.15) is 0 Å². The summed E-state index contributed by atoms with van der Waals surface area (Å²) in [4.78, 5) is 2.49. The number of benzene rings is 2. The van der Waals surface area contributed by atoms with Crippen LogP contribution in [0.25, 0.3) is 5.57 Å². The molecule has 1 aliphatic heterocycles. The van der Waals surface area contributed by atoms with Crippen LogP contribution in [0.1, 0.15) is 41.0 Å². The summed E-state index contributed by atoms with van der Waals surface area (Å²) < 4.78 is 0. The van der Waals surface area contributed by atoms with Crippen LogP contribution in [0, 0.1) is 0 Å².